The SMILES string of the molecule is c1ccc(P(c2cccc(-c3cccc(-n4c5ccccc5c5ccccc54)c3)n2)c2cccc(-c3cccc(-n4c5ccccc5c5ccccc54)c3)n2)cc1. The Morgan fingerprint density at radius 3 is 1.11 bits per heavy atom. The molecule has 268 valence electrons. The van der Waals surface area contributed by atoms with Crippen LogP contribution < -0.4 is 16.2 Å². The van der Waals surface area contributed by atoms with Gasteiger partial charge >= 0.3 is 0 Å². The number of hydrogen-bond donors (Lipinski definition) is 0. The van der Waals surface area contributed by atoms with Crippen molar-refractivity contribution in [3.63, 3.8) is 0 Å². The molecule has 0 saturated carbocycles. The third-order valence-electron chi connectivity index (χ3n) is 10.9. The summed E-state index contributed by atoms with van der Waals surface area (Å²) in [5, 5.41) is 6.21. The predicted octanol–water partition coefficient (Wildman–Crippen LogP) is 11.8. The molecule has 0 aliphatic heterocycles. The Balaban J connectivity index is 1.00. The van der Waals surface area contributed by atoms with E-state index >= 15 is 0 Å². The van der Waals surface area contributed by atoms with Gasteiger partial charge in [-0.1, -0.05) is 140 Å². The van der Waals surface area contributed by atoms with E-state index in [4.69, 9.17) is 9.97 Å². The molecular weight excluding hydrogens is 712 g/mol. The zero-order valence-electron chi connectivity index (χ0n) is 30.9. The first kappa shape index (κ1) is 33.2. The van der Waals surface area contributed by atoms with E-state index in [0.29, 0.717) is 0 Å². The summed E-state index contributed by atoms with van der Waals surface area (Å²) in [5.74, 6) is 0. The van der Waals surface area contributed by atoms with Crippen molar-refractivity contribution < 1.29 is 0 Å². The van der Waals surface area contributed by atoms with Crippen molar-refractivity contribution >= 4 is 67.7 Å². The van der Waals surface area contributed by atoms with Crippen molar-refractivity contribution in [2.75, 3.05) is 0 Å². The minimum absolute atomic E-state index is 0.938. The fourth-order valence-electron chi connectivity index (χ4n) is 8.39. The van der Waals surface area contributed by atoms with Gasteiger partial charge in [-0.2, -0.15) is 0 Å². The second kappa shape index (κ2) is 13.9. The molecule has 7 aromatic carbocycles. The van der Waals surface area contributed by atoms with Crippen LogP contribution in [0.4, 0.5) is 0 Å². The molecule has 0 radical (unpaired) electrons. The molecule has 0 bridgehead atoms. The summed E-state index contributed by atoms with van der Waals surface area (Å²) in [4.78, 5) is 10.9. The standard InChI is InChI=1S/C52H35N4P/c1-2-20-40(21-3-1)57(51-32-14-26-45(53-51)36-16-12-18-38(34-36)55-47-28-8-4-22-41(47)42-23-5-9-29-48(42)55)52-33-15-27-46(54-52)37-17-13-19-39(35-37)56-49-30-10-6-24-43(49)44-25-7-11-31-50(44)56/h1-35H. The number of pyridine rings is 2. The van der Waals surface area contributed by atoms with E-state index in [1.165, 1.54) is 48.9 Å². The lowest BCUT2D eigenvalue weighted by Gasteiger charge is -2.19. The lowest BCUT2D eigenvalue weighted by Crippen LogP contribution is -2.25. The molecule has 0 spiro atoms. The summed E-state index contributed by atoms with van der Waals surface area (Å²) in [6, 6.07) is 75.7. The van der Waals surface area contributed by atoms with E-state index in [-0.39, 0.29) is 0 Å². The first-order valence-corrected chi connectivity index (χ1v) is 20.6. The van der Waals surface area contributed by atoms with Crippen LogP contribution in [0, 0.1) is 0 Å². The van der Waals surface area contributed by atoms with Gasteiger partial charge < -0.3 is 9.13 Å². The molecule has 0 aliphatic rings. The van der Waals surface area contributed by atoms with E-state index in [2.05, 4.69) is 221 Å². The van der Waals surface area contributed by atoms with Crippen molar-refractivity contribution in [1.82, 2.24) is 19.1 Å². The van der Waals surface area contributed by atoms with Crippen LogP contribution in [0.15, 0.2) is 212 Å². The largest absolute Gasteiger partial charge is 0.309 e. The molecule has 0 fully saturated rings. The molecule has 0 saturated heterocycles. The van der Waals surface area contributed by atoms with Crippen LogP contribution in [0.3, 0.4) is 0 Å². The Morgan fingerprint density at radius 1 is 0.316 bits per heavy atom. The van der Waals surface area contributed by atoms with E-state index in [1.54, 1.807) is 0 Å². The predicted molar refractivity (Wildman–Crippen MR) is 240 cm³/mol. The van der Waals surface area contributed by atoms with Crippen molar-refractivity contribution in [3.8, 4) is 33.9 Å². The summed E-state index contributed by atoms with van der Waals surface area (Å²) in [6.07, 6.45) is 0. The smallest absolute Gasteiger partial charge is 0.0744 e. The maximum absolute atomic E-state index is 5.43. The highest BCUT2D eigenvalue weighted by Crippen LogP contribution is 2.36. The molecule has 0 atom stereocenters. The van der Waals surface area contributed by atoms with Gasteiger partial charge in [0.15, 0.2) is 0 Å². The van der Waals surface area contributed by atoms with Gasteiger partial charge in [0.05, 0.1) is 44.3 Å². The normalized spacial score (nSPS) is 11.7. The van der Waals surface area contributed by atoms with Crippen LogP contribution in [0.2, 0.25) is 0 Å². The molecule has 11 aromatic rings. The van der Waals surface area contributed by atoms with Crippen LogP contribution in [0.5, 0.6) is 0 Å². The molecule has 11 rings (SSSR count). The maximum atomic E-state index is 5.43. The van der Waals surface area contributed by atoms with Crippen molar-refractivity contribution in [1.29, 1.82) is 0 Å². The number of nitrogens with zero attached hydrogens (tertiary/aromatic N) is 4. The zero-order chi connectivity index (χ0) is 37.7. The monoisotopic (exact) mass is 746 g/mol. The zero-order valence-corrected chi connectivity index (χ0v) is 31.8. The topological polar surface area (TPSA) is 35.6 Å². The quantitative estimate of drug-likeness (QED) is 0.152. The second-order valence-corrected chi connectivity index (χ2v) is 16.4. The summed E-state index contributed by atoms with van der Waals surface area (Å²) in [5.41, 5.74) is 13.0. The Morgan fingerprint density at radius 2 is 0.684 bits per heavy atom. The van der Waals surface area contributed by atoms with Gasteiger partial charge in [-0.25, -0.2) is 9.97 Å². The van der Waals surface area contributed by atoms with Crippen molar-refractivity contribution in [2.24, 2.45) is 0 Å². The molecule has 0 aliphatic carbocycles. The molecule has 0 N–H and O–H groups in total. The van der Waals surface area contributed by atoms with E-state index in [1.807, 2.05) is 0 Å². The van der Waals surface area contributed by atoms with Gasteiger partial charge in [-0.05, 0) is 78.1 Å². The van der Waals surface area contributed by atoms with Gasteiger partial charge in [0, 0.05) is 52.0 Å². The Labute approximate surface area is 331 Å². The molecule has 4 nitrogen and oxygen atoms in total. The average Bonchev–Trinajstić information content (AvgIpc) is 3.80. The molecule has 4 aromatic heterocycles. The van der Waals surface area contributed by atoms with Gasteiger partial charge in [0.1, 0.15) is 0 Å². The third-order valence-corrected chi connectivity index (χ3v) is 13.1. The fourth-order valence-corrected chi connectivity index (χ4v) is 10.5. The van der Waals surface area contributed by atoms with Gasteiger partial charge in [0.25, 0.3) is 0 Å². The van der Waals surface area contributed by atoms with Crippen LogP contribution >= 0.6 is 7.92 Å². The number of para-hydroxylation sites is 4. The number of rotatable bonds is 7. The molecule has 0 amide bonds. The summed E-state index contributed by atoms with van der Waals surface area (Å²) < 4.78 is 4.72. The van der Waals surface area contributed by atoms with Crippen LogP contribution in [0.25, 0.3) is 77.5 Å². The Bertz CT molecular complexity index is 2960. The van der Waals surface area contributed by atoms with Crippen LogP contribution in [0.1, 0.15) is 0 Å². The summed E-state index contributed by atoms with van der Waals surface area (Å²) >= 11 is 0. The number of aromatic nitrogens is 4. The minimum Gasteiger partial charge on any atom is -0.309 e. The Kier molecular flexibility index (Phi) is 8.08. The number of benzene rings is 7. The van der Waals surface area contributed by atoms with E-state index in [0.717, 1.165) is 44.8 Å². The first-order chi connectivity index (χ1) is 28.3. The highest BCUT2D eigenvalue weighted by atomic mass is 31.1. The first-order valence-electron chi connectivity index (χ1n) is 19.3. The highest BCUT2D eigenvalue weighted by molar-refractivity contribution is 7.79. The van der Waals surface area contributed by atoms with Gasteiger partial charge in [-0.15, -0.1) is 0 Å². The lowest BCUT2D eigenvalue weighted by atomic mass is 10.1. The third kappa shape index (κ3) is 5.73. The fraction of sp³-hybridized carbons (Fsp3) is 0. The molecule has 5 heteroatoms. The lowest BCUT2D eigenvalue weighted by molar-refractivity contribution is 1.18. The highest BCUT2D eigenvalue weighted by Gasteiger charge is 2.21. The van der Waals surface area contributed by atoms with Crippen molar-refractivity contribution in [3.05, 3.63) is 212 Å². The number of hydrogen-bond acceptors (Lipinski definition) is 2. The van der Waals surface area contributed by atoms with Crippen LogP contribution in [-0.2, 0) is 0 Å². The minimum atomic E-state index is -1.07. The van der Waals surface area contributed by atoms with Crippen molar-refractivity contribution in [2.45, 2.75) is 0 Å². The van der Waals surface area contributed by atoms with E-state index < -0.39 is 7.92 Å². The number of fused-ring (bicyclic) bond motifs is 6. The second-order valence-electron chi connectivity index (χ2n) is 14.3. The summed E-state index contributed by atoms with van der Waals surface area (Å²) in [7, 11) is -1.07. The van der Waals surface area contributed by atoms with Gasteiger partial charge in [-0.3, -0.25) is 0 Å². The van der Waals surface area contributed by atoms with Gasteiger partial charge in [0.2, 0.25) is 0 Å². The molecule has 4 heterocycles. The molecule has 0 unspecified atom stereocenters. The maximum Gasteiger partial charge on any atom is 0.0744 e. The summed E-state index contributed by atoms with van der Waals surface area (Å²) in [6.45, 7) is 0. The average molecular weight is 747 g/mol. The molecule has 57 heavy (non-hydrogen) atoms. The van der Waals surface area contributed by atoms with E-state index in [9.17, 15) is 0 Å². The molecular formula is C52H35N4P. The Hall–Kier alpha value is -7.13. The van der Waals surface area contributed by atoms with Crippen LogP contribution in [-0.4, -0.2) is 19.1 Å².